The molecule has 1 aliphatic rings. The maximum atomic E-state index is 12.2. The van der Waals surface area contributed by atoms with Crippen molar-refractivity contribution in [1.29, 1.82) is 0 Å². The smallest absolute Gasteiger partial charge is 0.261 e. The minimum atomic E-state index is -0.143. The third-order valence-electron chi connectivity index (χ3n) is 4.44. The van der Waals surface area contributed by atoms with E-state index in [1.807, 2.05) is 0 Å². The van der Waals surface area contributed by atoms with Crippen LogP contribution < -0.4 is 0 Å². The van der Waals surface area contributed by atoms with Crippen LogP contribution >= 0.6 is 0 Å². The van der Waals surface area contributed by atoms with Gasteiger partial charge in [0.1, 0.15) is 0 Å². The SMILES string of the molecule is CCCCCOCCCCCCCN1C(=O)c2ccccc2C1=O. The van der Waals surface area contributed by atoms with Gasteiger partial charge in [-0.05, 0) is 31.4 Å². The van der Waals surface area contributed by atoms with E-state index >= 15 is 0 Å². The first-order chi connectivity index (χ1) is 11.8. The highest BCUT2D eigenvalue weighted by Crippen LogP contribution is 2.22. The normalized spacial score (nSPS) is 13.6. The van der Waals surface area contributed by atoms with E-state index in [1.54, 1.807) is 24.3 Å². The molecule has 24 heavy (non-hydrogen) atoms. The van der Waals surface area contributed by atoms with E-state index in [0.717, 1.165) is 51.7 Å². The van der Waals surface area contributed by atoms with Crippen molar-refractivity contribution in [3.8, 4) is 0 Å². The zero-order chi connectivity index (χ0) is 17.2. The van der Waals surface area contributed by atoms with Crippen molar-refractivity contribution >= 4 is 11.8 Å². The number of nitrogens with zero attached hydrogens (tertiary/aromatic N) is 1. The summed E-state index contributed by atoms with van der Waals surface area (Å²) in [6.45, 7) is 4.46. The summed E-state index contributed by atoms with van der Waals surface area (Å²) in [6.07, 6.45) is 8.94. The van der Waals surface area contributed by atoms with Gasteiger partial charge in [0.05, 0.1) is 11.1 Å². The minimum Gasteiger partial charge on any atom is -0.381 e. The molecule has 2 rings (SSSR count). The van der Waals surface area contributed by atoms with E-state index in [0.29, 0.717) is 17.7 Å². The lowest BCUT2D eigenvalue weighted by molar-refractivity contribution is 0.0651. The molecule has 1 aromatic rings. The summed E-state index contributed by atoms with van der Waals surface area (Å²) in [6, 6.07) is 7.07. The number of ether oxygens (including phenoxy) is 1. The van der Waals surface area contributed by atoms with Crippen molar-refractivity contribution in [2.75, 3.05) is 19.8 Å². The highest BCUT2D eigenvalue weighted by Gasteiger charge is 2.34. The van der Waals surface area contributed by atoms with Gasteiger partial charge in [-0.3, -0.25) is 14.5 Å². The number of imide groups is 1. The van der Waals surface area contributed by atoms with Crippen LogP contribution in [0.15, 0.2) is 24.3 Å². The first kappa shape index (κ1) is 18.7. The second-order valence-corrected chi connectivity index (χ2v) is 6.39. The van der Waals surface area contributed by atoms with Crippen LogP contribution in [0.4, 0.5) is 0 Å². The Kier molecular flexibility index (Phi) is 7.96. The predicted octanol–water partition coefficient (Wildman–Crippen LogP) is 4.44. The van der Waals surface area contributed by atoms with Crippen LogP contribution in [0.5, 0.6) is 0 Å². The summed E-state index contributed by atoms with van der Waals surface area (Å²) in [5.74, 6) is -0.285. The average Bonchev–Trinajstić information content (AvgIpc) is 2.84. The van der Waals surface area contributed by atoms with Gasteiger partial charge in [-0.2, -0.15) is 0 Å². The summed E-state index contributed by atoms with van der Waals surface area (Å²) in [4.78, 5) is 25.8. The fourth-order valence-electron chi connectivity index (χ4n) is 3.00. The van der Waals surface area contributed by atoms with E-state index in [-0.39, 0.29) is 11.8 Å². The van der Waals surface area contributed by atoms with Crippen LogP contribution in [-0.4, -0.2) is 36.5 Å². The summed E-state index contributed by atoms with van der Waals surface area (Å²) in [5.41, 5.74) is 1.09. The van der Waals surface area contributed by atoms with Crippen molar-refractivity contribution in [3.63, 3.8) is 0 Å². The van der Waals surface area contributed by atoms with Gasteiger partial charge in [0.2, 0.25) is 0 Å². The number of hydrogen-bond acceptors (Lipinski definition) is 3. The van der Waals surface area contributed by atoms with E-state index < -0.39 is 0 Å². The van der Waals surface area contributed by atoms with Gasteiger partial charge in [-0.15, -0.1) is 0 Å². The number of carbonyl (C=O) groups excluding carboxylic acids is 2. The van der Waals surface area contributed by atoms with Crippen molar-refractivity contribution in [2.45, 2.75) is 58.3 Å². The molecule has 1 aromatic carbocycles. The molecule has 0 aliphatic carbocycles. The van der Waals surface area contributed by atoms with Crippen LogP contribution in [0, 0.1) is 0 Å². The monoisotopic (exact) mass is 331 g/mol. The number of hydrogen-bond donors (Lipinski definition) is 0. The molecule has 0 N–H and O–H groups in total. The molecule has 0 saturated carbocycles. The van der Waals surface area contributed by atoms with Gasteiger partial charge in [0.15, 0.2) is 0 Å². The van der Waals surface area contributed by atoms with E-state index in [1.165, 1.54) is 17.7 Å². The number of amides is 2. The quantitative estimate of drug-likeness (QED) is 0.420. The van der Waals surface area contributed by atoms with Crippen LogP contribution in [0.1, 0.15) is 79.0 Å². The molecule has 0 unspecified atom stereocenters. The molecule has 4 nitrogen and oxygen atoms in total. The number of unbranched alkanes of at least 4 members (excludes halogenated alkanes) is 6. The summed E-state index contributed by atoms with van der Waals surface area (Å²) >= 11 is 0. The Hall–Kier alpha value is -1.68. The largest absolute Gasteiger partial charge is 0.381 e. The van der Waals surface area contributed by atoms with E-state index in [9.17, 15) is 9.59 Å². The van der Waals surface area contributed by atoms with Gasteiger partial charge in [0.25, 0.3) is 11.8 Å². The Labute approximate surface area is 145 Å². The van der Waals surface area contributed by atoms with Crippen molar-refractivity contribution in [3.05, 3.63) is 35.4 Å². The summed E-state index contributed by atoms with van der Waals surface area (Å²) < 4.78 is 5.59. The first-order valence-corrected chi connectivity index (χ1v) is 9.28. The van der Waals surface area contributed by atoms with Crippen LogP contribution in [-0.2, 0) is 4.74 Å². The van der Waals surface area contributed by atoms with Gasteiger partial charge < -0.3 is 4.74 Å². The lowest BCUT2D eigenvalue weighted by Crippen LogP contribution is -2.30. The molecule has 4 heteroatoms. The third-order valence-corrected chi connectivity index (χ3v) is 4.44. The molecule has 0 saturated heterocycles. The van der Waals surface area contributed by atoms with Crippen LogP contribution in [0.3, 0.4) is 0 Å². The second-order valence-electron chi connectivity index (χ2n) is 6.39. The van der Waals surface area contributed by atoms with Crippen molar-refractivity contribution in [2.24, 2.45) is 0 Å². The molecule has 0 bridgehead atoms. The summed E-state index contributed by atoms with van der Waals surface area (Å²) in [5, 5.41) is 0. The maximum Gasteiger partial charge on any atom is 0.261 e. The number of fused-ring (bicyclic) bond motifs is 1. The molecule has 1 aliphatic heterocycles. The zero-order valence-corrected chi connectivity index (χ0v) is 14.8. The molecule has 0 atom stereocenters. The van der Waals surface area contributed by atoms with E-state index in [2.05, 4.69) is 6.92 Å². The molecule has 132 valence electrons. The average molecular weight is 331 g/mol. The second kappa shape index (κ2) is 10.2. The molecule has 1 heterocycles. The molecular weight excluding hydrogens is 302 g/mol. The van der Waals surface area contributed by atoms with Gasteiger partial charge in [-0.1, -0.05) is 51.2 Å². The first-order valence-electron chi connectivity index (χ1n) is 9.28. The molecular formula is C20H29NO3. The Bertz CT molecular complexity index is 506. The standard InChI is InChI=1S/C20H29NO3/c1-2-3-10-15-24-16-11-6-4-5-9-14-21-19(22)17-12-7-8-13-18(17)20(21)23/h7-8,12-13H,2-6,9-11,14-16H2,1H3. The lowest BCUT2D eigenvalue weighted by atomic mass is 10.1. The highest BCUT2D eigenvalue weighted by molar-refractivity contribution is 6.21. The van der Waals surface area contributed by atoms with Crippen LogP contribution in [0.25, 0.3) is 0 Å². The molecule has 0 fully saturated rings. The lowest BCUT2D eigenvalue weighted by Gasteiger charge is -2.13. The molecule has 0 radical (unpaired) electrons. The summed E-state index contributed by atoms with van der Waals surface area (Å²) in [7, 11) is 0. The highest BCUT2D eigenvalue weighted by atomic mass is 16.5. The van der Waals surface area contributed by atoms with Crippen LogP contribution in [0.2, 0.25) is 0 Å². The van der Waals surface area contributed by atoms with Crippen molar-refractivity contribution < 1.29 is 14.3 Å². The Balaban J connectivity index is 1.53. The number of carbonyl (C=O) groups is 2. The minimum absolute atomic E-state index is 0.143. The molecule has 0 aromatic heterocycles. The Morgan fingerprint density at radius 2 is 1.33 bits per heavy atom. The predicted molar refractivity (Wildman–Crippen MR) is 95.2 cm³/mol. The Morgan fingerprint density at radius 1 is 0.792 bits per heavy atom. The maximum absolute atomic E-state index is 12.2. The van der Waals surface area contributed by atoms with Gasteiger partial charge >= 0.3 is 0 Å². The van der Waals surface area contributed by atoms with Gasteiger partial charge in [0, 0.05) is 19.8 Å². The number of rotatable bonds is 12. The zero-order valence-electron chi connectivity index (χ0n) is 14.8. The molecule has 2 amide bonds. The fourth-order valence-corrected chi connectivity index (χ4v) is 3.00. The van der Waals surface area contributed by atoms with Gasteiger partial charge in [-0.25, -0.2) is 0 Å². The fraction of sp³-hybridized carbons (Fsp3) is 0.600. The Morgan fingerprint density at radius 3 is 1.96 bits per heavy atom. The molecule has 0 spiro atoms. The topological polar surface area (TPSA) is 46.6 Å². The van der Waals surface area contributed by atoms with E-state index in [4.69, 9.17) is 4.74 Å². The number of benzene rings is 1. The van der Waals surface area contributed by atoms with Crippen molar-refractivity contribution in [1.82, 2.24) is 4.90 Å². The third kappa shape index (κ3) is 5.17.